The Morgan fingerprint density at radius 1 is 1.08 bits per heavy atom. The summed E-state index contributed by atoms with van der Waals surface area (Å²) in [6, 6.07) is 4.54. The third-order valence-corrected chi connectivity index (χ3v) is 5.55. The van der Waals surface area contributed by atoms with Crippen LogP contribution < -0.4 is 0 Å². The van der Waals surface area contributed by atoms with E-state index in [1.165, 1.54) is 52.2 Å². The summed E-state index contributed by atoms with van der Waals surface area (Å²) in [7, 11) is 0. The highest BCUT2D eigenvalue weighted by atomic mass is 16.1. The first kappa shape index (κ1) is 18.0. The summed E-state index contributed by atoms with van der Waals surface area (Å²) in [4.78, 5) is 12.6. The second-order valence-corrected chi connectivity index (χ2v) is 7.70. The maximum Gasteiger partial charge on any atom is 0.161 e. The second-order valence-electron chi connectivity index (χ2n) is 7.70. The Morgan fingerprint density at radius 2 is 1.72 bits per heavy atom. The lowest BCUT2D eigenvalue weighted by Gasteiger charge is -2.21. The predicted molar refractivity (Wildman–Crippen MR) is 105 cm³/mol. The van der Waals surface area contributed by atoms with E-state index in [1.54, 1.807) is 6.92 Å². The zero-order valence-corrected chi connectivity index (χ0v) is 16.5. The number of nitrogens with zero attached hydrogens (tertiary/aromatic N) is 1. The molecule has 0 bridgehead atoms. The van der Waals surface area contributed by atoms with E-state index in [4.69, 9.17) is 0 Å². The number of aryl methyl sites for hydroxylation is 3. The van der Waals surface area contributed by atoms with Crippen LogP contribution in [0.4, 0.5) is 0 Å². The van der Waals surface area contributed by atoms with Crippen molar-refractivity contribution in [1.29, 1.82) is 0 Å². The smallest absolute Gasteiger partial charge is 0.161 e. The molecule has 1 heterocycles. The molecule has 0 saturated heterocycles. The lowest BCUT2D eigenvalue weighted by molar-refractivity contribution is 0.101. The predicted octanol–water partition coefficient (Wildman–Crippen LogP) is 5.83. The SMILES string of the molecule is CCCCc1c(C(C)=O)c2c(n1-c1c(C)cc(C)cc1C)CCCC2. The van der Waals surface area contributed by atoms with Crippen molar-refractivity contribution in [2.75, 3.05) is 0 Å². The van der Waals surface area contributed by atoms with Gasteiger partial charge in [0.15, 0.2) is 5.78 Å². The van der Waals surface area contributed by atoms with Crippen molar-refractivity contribution in [3.63, 3.8) is 0 Å². The molecule has 0 atom stereocenters. The molecule has 0 spiro atoms. The van der Waals surface area contributed by atoms with Gasteiger partial charge in [-0.2, -0.15) is 0 Å². The van der Waals surface area contributed by atoms with Gasteiger partial charge in [0.1, 0.15) is 0 Å². The molecular formula is C23H31NO. The number of ketones is 1. The zero-order valence-electron chi connectivity index (χ0n) is 16.5. The third kappa shape index (κ3) is 3.19. The monoisotopic (exact) mass is 337 g/mol. The molecular weight excluding hydrogens is 306 g/mol. The molecule has 2 heteroatoms. The molecule has 0 amide bonds. The standard InChI is InChI=1S/C23H31NO/c1-6-7-11-21-22(18(5)25)19-10-8-9-12-20(19)24(21)23-16(3)13-15(2)14-17(23)4/h13-14H,6-12H2,1-5H3. The fourth-order valence-electron chi connectivity index (χ4n) is 4.65. The Labute approximate surface area is 152 Å². The van der Waals surface area contributed by atoms with Gasteiger partial charge in [0.25, 0.3) is 0 Å². The highest BCUT2D eigenvalue weighted by Gasteiger charge is 2.28. The quantitative estimate of drug-likeness (QED) is 0.629. The summed E-state index contributed by atoms with van der Waals surface area (Å²) in [5, 5.41) is 0. The van der Waals surface area contributed by atoms with E-state index < -0.39 is 0 Å². The maximum absolute atomic E-state index is 12.6. The van der Waals surface area contributed by atoms with Crippen LogP contribution in [0, 0.1) is 20.8 Å². The van der Waals surface area contributed by atoms with Gasteiger partial charge < -0.3 is 4.57 Å². The Bertz CT molecular complexity index is 787. The Balaban J connectivity index is 2.33. The number of Topliss-reactive ketones (excluding diaryl/α,β-unsaturated/α-hetero) is 1. The van der Waals surface area contributed by atoms with E-state index in [9.17, 15) is 4.79 Å². The summed E-state index contributed by atoms with van der Waals surface area (Å²) < 4.78 is 2.48. The van der Waals surface area contributed by atoms with E-state index >= 15 is 0 Å². The first-order valence-corrected chi connectivity index (χ1v) is 9.80. The molecule has 1 aliphatic rings. The van der Waals surface area contributed by atoms with Crippen molar-refractivity contribution in [1.82, 2.24) is 4.57 Å². The number of benzene rings is 1. The van der Waals surface area contributed by atoms with E-state index in [0.717, 1.165) is 37.7 Å². The molecule has 0 unspecified atom stereocenters. The van der Waals surface area contributed by atoms with Gasteiger partial charge >= 0.3 is 0 Å². The number of rotatable bonds is 5. The molecule has 2 nitrogen and oxygen atoms in total. The molecule has 0 saturated carbocycles. The molecule has 2 aromatic rings. The summed E-state index contributed by atoms with van der Waals surface area (Å²) in [5.74, 6) is 0.241. The topological polar surface area (TPSA) is 22.0 Å². The highest BCUT2D eigenvalue weighted by Crippen LogP contribution is 2.36. The van der Waals surface area contributed by atoms with Gasteiger partial charge in [-0.05, 0) is 82.9 Å². The van der Waals surface area contributed by atoms with Crippen LogP contribution in [0.3, 0.4) is 0 Å². The molecule has 134 valence electrons. The Kier molecular flexibility index (Phi) is 5.17. The fourth-order valence-corrected chi connectivity index (χ4v) is 4.65. The third-order valence-electron chi connectivity index (χ3n) is 5.55. The molecule has 0 fully saturated rings. The minimum absolute atomic E-state index is 0.241. The zero-order chi connectivity index (χ0) is 18.1. The molecule has 1 aromatic carbocycles. The van der Waals surface area contributed by atoms with E-state index in [0.29, 0.717) is 0 Å². The van der Waals surface area contributed by atoms with Crippen LogP contribution in [0.1, 0.15) is 83.5 Å². The molecule has 0 radical (unpaired) electrons. The summed E-state index contributed by atoms with van der Waals surface area (Å²) >= 11 is 0. The number of aromatic nitrogens is 1. The first-order valence-electron chi connectivity index (χ1n) is 9.80. The van der Waals surface area contributed by atoms with Crippen molar-refractivity contribution >= 4 is 5.78 Å². The maximum atomic E-state index is 12.6. The Hall–Kier alpha value is -1.83. The number of hydrogen-bond donors (Lipinski definition) is 0. The van der Waals surface area contributed by atoms with Crippen LogP contribution in [-0.2, 0) is 19.3 Å². The van der Waals surface area contributed by atoms with E-state index in [-0.39, 0.29) is 5.78 Å². The van der Waals surface area contributed by atoms with Crippen LogP contribution in [0.25, 0.3) is 5.69 Å². The van der Waals surface area contributed by atoms with Crippen molar-refractivity contribution in [2.45, 2.75) is 79.6 Å². The van der Waals surface area contributed by atoms with Gasteiger partial charge in [-0.1, -0.05) is 31.0 Å². The van der Waals surface area contributed by atoms with Crippen LogP contribution in [0.2, 0.25) is 0 Å². The number of carbonyl (C=O) groups excluding carboxylic acids is 1. The van der Waals surface area contributed by atoms with Crippen molar-refractivity contribution in [3.05, 3.63) is 51.3 Å². The summed E-state index contributed by atoms with van der Waals surface area (Å²) in [6.07, 6.45) is 7.86. The van der Waals surface area contributed by atoms with Crippen LogP contribution in [-0.4, -0.2) is 10.4 Å². The molecule has 1 aliphatic carbocycles. The van der Waals surface area contributed by atoms with Gasteiger partial charge in [0.2, 0.25) is 0 Å². The molecule has 1 aromatic heterocycles. The number of carbonyl (C=O) groups is 1. The first-order chi connectivity index (χ1) is 12.0. The number of unbranched alkanes of at least 4 members (excludes halogenated alkanes) is 1. The fraction of sp³-hybridized carbons (Fsp3) is 0.522. The summed E-state index contributed by atoms with van der Waals surface area (Å²) in [6.45, 7) is 10.6. The largest absolute Gasteiger partial charge is 0.316 e. The van der Waals surface area contributed by atoms with Gasteiger partial charge in [0, 0.05) is 17.0 Å². The Morgan fingerprint density at radius 3 is 2.32 bits per heavy atom. The minimum atomic E-state index is 0.241. The lowest BCUT2D eigenvalue weighted by atomic mass is 9.92. The normalized spacial score (nSPS) is 13.8. The molecule has 3 rings (SSSR count). The second kappa shape index (κ2) is 7.19. The van der Waals surface area contributed by atoms with E-state index in [1.807, 2.05) is 0 Å². The van der Waals surface area contributed by atoms with Gasteiger partial charge in [-0.3, -0.25) is 4.79 Å². The van der Waals surface area contributed by atoms with Gasteiger partial charge in [-0.25, -0.2) is 0 Å². The molecule has 25 heavy (non-hydrogen) atoms. The van der Waals surface area contributed by atoms with Crippen molar-refractivity contribution in [2.24, 2.45) is 0 Å². The number of fused-ring (bicyclic) bond motifs is 1. The molecule has 0 N–H and O–H groups in total. The number of hydrogen-bond acceptors (Lipinski definition) is 1. The van der Waals surface area contributed by atoms with Crippen LogP contribution in [0.5, 0.6) is 0 Å². The summed E-state index contributed by atoms with van der Waals surface area (Å²) in [5.41, 5.74) is 10.3. The van der Waals surface area contributed by atoms with Gasteiger partial charge in [-0.15, -0.1) is 0 Å². The van der Waals surface area contributed by atoms with Crippen molar-refractivity contribution < 1.29 is 4.79 Å². The van der Waals surface area contributed by atoms with Crippen LogP contribution in [0.15, 0.2) is 12.1 Å². The lowest BCUT2D eigenvalue weighted by Crippen LogP contribution is -2.11. The van der Waals surface area contributed by atoms with E-state index in [2.05, 4.69) is 44.4 Å². The average molecular weight is 338 g/mol. The van der Waals surface area contributed by atoms with Gasteiger partial charge in [0.05, 0.1) is 5.69 Å². The molecule has 0 aliphatic heterocycles. The average Bonchev–Trinajstić information content (AvgIpc) is 2.86. The minimum Gasteiger partial charge on any atom is -0.316 e. The van der Waals surface area contributed by atoms with Crippen molar-refractivity contribution in [3.8, 4) is 5.69 Å². The van der Waals surface area contributed by atoms with Crippen LogP contribution >= 0.6 is 0 Å². The highest BCUT2D eigenvalue weighted by molar-refractivity contribution is 5.97.